The second kappa shape index (κ2) is 18.8. The molecule has 1 N–H and O–H groups in total. The normalized spacial score (nSPS) is 22.9. The lowest BCUT2D eigenvalue weighted by Crippen LogP contribution is -2.60. The van der Waals surface area contributed by atoms with E-state index in [1.807, 2.05) is 24.3 Å². The molecule has 1 amide bonds. The van der Waals surface area contributed by atoms with E-state index in [9.17, 15) is 24.0 Å². The Morgan fingerprint density at radius 1 is 0.869 bits per heavy atom. The highest BCUT2D eigenvalue weighted by atomic mass is 35.5. The third-order valence-electron chi connectivity index (χ3n) is 10.2. The van der Waals surface area contributed by atoms with Gasteiger partial charge in [0.25, 0.3) is 0 Å². The topological polar surface area (TPSA) is 200 Å². The lowest BCUT2D eigenvalue weighted by atomic mass is 9.92. The average Bonchev–Trinajstić information content (AvgIpc) is 3.83. The molecule has 4 heterocycles. The van der Waals surface area contributed by atoms with Crippen LogP contribution in [0.4, 0.5) is 4.79 Å². The quantitative estimate of drug-likeness (QED) is 0.122. The maximum atomic E-state index is 13.7. The van der Waals surface area contributed by atoms with E-state index in [-0.39, 0.29) is 25.0 Å². The summed E-state index contributed by atoms with van der Waals surface area (Å²) in [6.07, 6.45) is 0.371. The number of hydrogen-bond donors (Lipinski definition) is 1. The fraction of sp³-hybridized carbons (Fsp3) is 0.405. The van der Waals surface area contributed by atoms with Gasteiger partial charge < -0.3 is 38.1 Å². The van der Waals surface area contributed by atoms with Crippen LogP contribution in [0.3, 0.4) is 0 Å². The molecule has 1 fully saturated rings. The fourth-order valence-corrected chi connectivity index (χ4v) is 7.98. The Kier molecular flexibility index (Phi) is 13.3. The number of carbonyl (C=O) groups is 5. The van der Waals surface area contributed by atoms with E-state index in [1.54, 1.807) is 35.4 Å². The minimum atomic E-state index is -1.36. The fourth-order valence-electron chi connectivity index (χ4n) is 7.64. The first-order valence-corrected chi connectivity index (χ1v) is 20.3. The monoisotopic (exact) mass is 879 g/mol. The molecule has 2 aromatic carbocycles. The number of aromatic nitrogens is 4. The van der Waals surface area contributed by atoms with E-state index < -0.39 is 66.7 Å². The molecule has 7 rings (SSSR count). The van der Waals surface area contributed by atoms with Crippen LogP contribution in [0.5, 0.6) is 11.5 Å². The number of esters is 4. The molecule has 0 spiro atoms. The summed E-state index contributed by atoms with van der Waals surface area (Å²) in [6.45, 7) is 4.84. The van der Waals surface area contributed by atoms with Crippen LogP contribution in [0.15, 0.2) is 54.7 Å². The highest BCUT2D eigenvalue weighted by Gasteiger charge is 2.53. The Morgan fingerprint density at radius 3 is 2.23 bits per heavy atom. The van der Waals surface area contributed by atoms with Crippen molar-refractivity contribution in [3.8, 4) is 11.5 Å². The van der Waals surface area contributed by atoms with Crippen LogP contribution in [0.2, 0.25) is 5.02 Å². The first-order chi connectivity index (χ1) is 29.2. The first kappa shape index (κ1) is 43.2. The number of halogens is 2. The summed E-state index contributed by atoms with van der Waals surface area (Å²) in [5.41, 5.74) is 3.29. The van der Waals surface area contributed by atoms with Gasteiger partial charge >= 0.3 is 30.0 Å². The van der Waals surface area contributed by atoms with Gasteiger partial charge in [-0.15, -0.1) is 16.7 Å². The molecule has 322 valence electrons. The van der Waals surface area contributed by atoms with E-state index in [4.69, 9.17) is 56.4 Å². The predicted molar refractivity (Wildman–Crippen MR) is 216 cm³/mol. The molecular formula is C42H43Cl2N5O12. The van der Waals surface area contributed by atoms with Crippen molar-refractivity contribution in [2.75, 3.05) is 19.8 Å². The third-order valence-corrected chi connectivity index (χ3v) is 10.7. The molecule has 1 aliphatic carbocycles. The van der Waals surface area contributed by atoms with Crippen molar-refractivity contribution >= 4 is 65.3 Å². The summed E-state index contributed by atoms with van der Waals surface area (Å²) in [5.74, 6) is -1.93. The maximum Gasteiger partial charge on any atom is 0.416 e. The molecule has 17 nitrogen and oxygen atoms in total. The van der Waals surface area contributed by atoms with Gasteiger partial charge in [-0.05, 0) is 60.4 Å². The summed E-state index contributed by atoms with van der Waals surface area (Å²) in [6, 6.07) is 13.5. The molecule has 2 aliphatic heterocycles. The van der Waals surface area contributed by atoms with Crippen LogP contribution >= 0.6 is 23.2 Å². The lowest BCUT2D eigenvalue weighted by Gasteiger charge is -2.44. The molecule has 6 unspecified atom stereocenters. The van der Waals surface area contributed by atoms with Crippen molar-refractivity contribution in [3.63, 3.8) is 0 Å². The van der Waals surface area contributed by atoms with Crippen LogP contribution in [-0.4, -0.2) is 104 Å². The SMILES string of the molecule is CC(=O)OCC1OC(n2cc(CCOc3ccc([C@H]4c5[nH]c6c(c5CCN4C(=O)Oc4ccc(Cl)cc4)=CC(Cl)CC=6)cc3)nn2)C(OC(C)=O)C(OC(C)=O)C1OC(C)=O. The van der Waals surface area contributed by atoms with Crippen LogP contribution in [-0.2, 0) is 55.7 Å². The molecule has 1 saturated heterocycles. The van der Waals surface area contributed by atoms with Gasteiger partial charge in [0.2, 0.25) is 0 Å². The largest absolute Gasteiger partial charge is 0.493 e. The second-order valence-corrected chi connectivity index (χ2v) is 15.6. The lowest BCUT2D eigenvalue weighted by molar-refractivity contribution is -0.270. The van der Waals surface area contributed by atoms with Gasteiger partial charge in [-0.25, -0.2) is 9.48 Å². The number of carbonyl (C=O) groups excluding carboxylic acids is 5. The zero-order chi connectivity index (χ0) is 43.4. The summed E-state index contributed by atoms with van der Waals surface area (Å²) < 4.78 is 41.0. The molecule has 61 heavy (non-hydrogen) atoms. The van der Waals surface area contributed by atoms with Crippen LogP contribution in [0, 0.1) is 0 Å². The molecule has 4 aromatic rings. The minimum Gasteiger partial charge on any atom is -0.493 e. The molecule has 2 aromatic heterocycles. The number of ether oxygens (including phenoxy) is 7. The highest BCUT2D eigenvalue weighted by molar-refractivity contribution is 6.30. The maximum absolute atomic E-state index is 13.7. The number of nitrogens with one attached hydrogen (secondary N) is 1. The zero-order valence-electron chi connectivity index (χ0n) is 33.6. The number of rotatable bonds is 12. The molecule has 3 aliphatic rings. The van der Waals surface area contributed by atoms with Gasteiger partial charge in [0.1, 0.15) is 30.3 Å². The number of aromatic amines is 1. The van der Waals surface area contributed by atoms with Crippen molar-refractivity contribution in [1.29, 1.82) is 0 Å². The van der Waals surface area contributed by atoms with Crippen molar-refractivity contribution < 1.29 is 57.1 Å². The van der Waals surface area contributed by atoms with Gasteiger partial charge in [0.05, 0.1) is 23.9 Å². The van der Waals surface area contributed by atoms with Gasteiger partial charge in [0.15, 0.2) is 24.5 Å². The highest BCUT2D eigenvalue weighted by Crippen LogP contribution is 2.36. The van der Waals surface area contributed by atoms with Crippen molar-refractivity contribution in [3.05, 3.63) is 92.8 Å². The van der Waals surface area contributed by atoms with E-state index >= 15 is 0 Å². The number of nitrogens with zero attached hydrogens (tertiary/aromatic N) is 4. The van der Waals surface area contributed by atoms with E-state index in [1.165, 1.54) is 11.6 Å². The van der Waals surface area contributed by atoms with E-state index in [2.05, 4.69) is 27.4 Å². The van der Waals surface area contributed by atoms with Crippen molar-refractivity contribution in [1.82, 2.24) is 24.9 Å². The number of alkyl halides is 1. The Balaban J connectivity index is 1.07. The average molecular weight is 881 g/mol. The molecule has 0 radical (unpaired) electrons. The molecule has 19 heteroatoms. The van der Waals surface area contributed by atoms with E-state index in [0.717, 1.165) is 48.2 Å². The molecule has 0 saturated carbocycles. The predicted octanol–water partition coefficient (Wildman–Crippen LogP) is 3.86. The van der Waals surface area contributed by atoms with Crippen LogP contribution < -0.4 is 20.0 Å². The Labute approximate surface area is 359 Å². The summed E-state index contributed by atoms with van der Waals surface area (Å²) in [5, 5.41) is 10.9. The Bertz CT molecular complexity index is 2400. The Morgan fingerprint density at radius 2 is 1.54 bits per heavy atom. The minimum absolute atomic E-state index is 0.120. The van der Waals surface area contributed by atoms with Gasteiger partial charge in [-0.2, -0.15) is 0 Å². The number of benzene rings is 2. The summed E-state index contributed by atoms with van der Waals surface area (Å²) in [4.78, 5) is 67.3. The Hall–Kier alpha value is -5.91. The molecular weight excluding hydrogens is 837 g/mol. The zero-order valence-corrected chi connectivity index (χ0v) is 35.1. The standard InChI is InChI=1S/C42H43Cl2N5O12/c1-22(50)56-21-35-38(57-23(2)51)39(58-24(3)52)40(59-25(4)53)41(61-35)49-20-29(46-47-49)16-18-55-30-10-5-26(6-11-30)37-36-32(33-19-28(44)9-14-34(33)45-36)15-17-48(37)42(54)60-31-12-7-27(43)8-13-31/h5-8,10-14,19-20,28,35,37-41,45H,9,15-18,21H2,1-4H3/t28?,35?,37-,38?,39?,40?,41?/m0/s1. The number of H-pyrrole nitrogens is 1. The van der Waals surface area contributed by atoms with Gasteiger partial charge in [0, 0.05) is 61.9 Å². The number of fused-ring (bicyclic) bond motifs is 3. The smallest absolute Gasteiger partial charge is 0.416 e. The van der Waals surface area contributed by atoms with Crippen LogP contribution in [0.25, 0.3) is 12.2 Å². The van der Waals surface area contributed by atoms with E-state index in [0.29, 0.717) is 41.6 Å². The molecule has 7 atom stereocenters. The third kappa shape index (κ3) is 10.2. The van der Waals surface area contributed by atoms with Crippen LogP contribution in [0.1, 0.15) is 68.9 Å². The van der Waals surface area contributed by atoms with Gasteiger partial charge in [-0.3, -0.25) is 24.1 Å². The number of hydrogen-bond acceptors (Lipinski definition) is 14. The van der Waals surface area contributed by atoms with Gasteiger partial charge in [-0.1, -0.05) is 41.1 Å². The van der Waals surface area contributed by atoms with Crippen molar-refractivity contribution in [2.45, 2.75) is 89.0 Å². The second-order valence-electron chi connectivity index (χ2n) is 14.6. The number of amides is 1. The molecule has 0 bridgehead atoms. The first-order valence-electron chi connectivity index (χ1n) is 19.5. The summed E-state index contributed by atoms with van der Waals surface area (Å²) >= 11 is 12.6. The summed E-state index contributed by atoms with van der Waals surface area (Å²) in [7, 11) is 0. The van der Waals surface area contributed by atoms with Crippen molar-refractivity contribution in [2.24, 2.45) is 0 Å².